The normalized spacial score (nSPS) is 10.7. The zero-order chi connectivity index (χ0) is 14.1. The summed E-state index contributed by atoms with van der Waals surface area (Å²) in [5.41, 5.74) is 9.84. The molecule has 0 atom stereocenters. The van der Waals surface area contributed by atoms with E-state index in [9.17, 15) is 0 Å². The van der Waals surface area contributed by atoms with E-state index in [2.05, 4.69) is 4.98 Å². The van der Waals surface area contributed by atoms with Crippen molar-refractivity contribution in [2.45, 2.75) is 13.8 Å². The number of para-hydroxylation sites is 1. The summed E-state index contributed by atoms with van der Waals surface area (Å²) in [7, 11) is 0. The van der Waals surface area contributed by atoms with Gasteiger partial charge < -0.3 is 10.5 Å². The van der Waals surface area contributed by atoms with Crippen LogP contribution in [0.25, 0.3) is 10.9 Å². The lowest BCUT2D eigenvalue weighted by Gasteiger charge is -2.11. The molecule has 20 heavy (non-hydrogen) atoms. The van der Waals surface area contributed by atoms with Gasteiger partial charge in [-0.15, -0.1) is 0 Å². The number of aryl methyl sites for hydroxylation is 1. The Morgan fingerprint density at radius 1 is 0.950 bits per heavy atom. The maximum Gasteiger partial charge on any atom is 0.128 e. The predicted molar refractivity (Wildman–Crippen MR) is 82.1 cm³/mol. The Morgan fingerprint density at radius 3 is 2.45 bits per heavy atom. The van der Waals surface area contributed by atoms with Crippen molar-refractivity contribution in [2.75, 3.05) is 5.73 Å². The second-order valence-electron chi connectivity index (χ2n) is 4.83. The Labute approximate surface area is 118 Å². The first-order valence-corrected chi connectivity index (χ1v) is 6.54. The van der Waals surface area contributed by atoms with Gasteiger partial charge in [0, 0.05) is 16.8 Å². The molecular formula is C17H16N2O. The maximum absolute atomic E-state index is 6.19. The van der Waals surface area contributed by atoms with E-state index < -0.39 is 0 Å². The zero-order valence-corrected chi connectivity index (χ0v) is 11.6. The van der Waals surface area contributed by atoms with Gasteiger partial charge in [0.15, 0.2) is 0 Å². The average Bonchev–Trinajstić information content (AvgIpc) is 2.47. The fraction of sp³-hybridized carbons (Fsp3) is 0.118. The first kappa shape index (κ1) is 12.5. The largest absolute Gasteiger partial charge is 0.457 e. The summed E-state index contributed by atoms with van der Waals surface area (Å²) < 4.78 is 5.83. The molecule has 0 aliphatic carbocycles. The van der Waals surface area contributed by atoms with Crippen molar-refractivity contribution in [1.82, 2.24) is 4.98 Å². The molecule has 0 saturated heterocycles. The van der Waals surface area contributed by atoms with Crippen LogP contribution in [0, 0.1) is 13.8 Å². The van der Waals surface area contributed by atoms with Crippen LogP contribution < -0.4 is 10.5 Å². The molecule has 0 amide bonds. The van der Waals surface area contributed by atoms with Gasteiger partial charge in [0.05, 0.1) is 5.52 Å². The number of anilines is 1. The number of aromatic nitrogens is 1. The molecule has 2 aromatic carbocycles. The Morgan fingerprint density at radius 2 is 1.70 bits per heavy atom. The molecule has 0 unspecified atom stereocenters. The average molecular weight is 264 g/mol. The van der Waals surface area contributed by atoms with Crippen molar-refractivity contribution in [1.29, 1.82) is 0 Å². The molecule has 0 aliphatic heterocycles. The number of nitrogens with zero attached hydrogens (tertiary/aromatic N) is 1. The van der Waals surface area contributed by atoms with E-state index in [1.807, 2.05) is 62.4 Å². The summed E-state index contributed by atoms with van der Waals surface area (Å²) in [4.78, 5) is 4.55. The first-order valence-electron chi connectivity index (χ1n) is 6.54. The van der Waals surface area contributed by atoms with E-state index in [0.29, 0.717) is 0 Å². The number of nitrogens with two attached hydrogens (primary N) is 1. The van der Waals surface area contributed by atoms with Crippen LogP contribution in [0.5, 0.6) is 11.5 Å². The highest BCUT2D eigenvalue weighted by Crippen LogP contribution is 2.30. The number of hydrogen-bond acceptors (Lipinski definition) is 3. The highest BCUT2D eigenvalue weighted by Gasteiger charge is 2.08. The van der Waals surface area contributed by atoms with E-state index >= 15 is 0 Å². The van der Waals surface area contributed by atoms with Gasteiger partial charge in [-0.05, 0) is 49.7 Å². The fourth-order valence-corrected chi connectivity index (χ4v) is 2.18. The molecule has 100 valence electrons. The number of hydrogen-bond donors (Lipinski definition) is 1. The van der Waals surface area contributed by atoms with Crippen LogP contribution in [0.1, 0.15) is 11.3 Å². The minimum absolute atomic E-state index is 0.764. The molecule has 0 aliphatic rings. The quantitative estimate of drug-likeness (QED) is 0.753. The van der Waals surface area contributed by atoms with Crippen LogP contribution in [-0.2, 0) is 0 Å². The molecule has 0 saturated carbocycles. The summed E-state index contributed by atoms with van der Waals surface area (Å²) in [5, 5.41) is 0.932. The van der Waals surface area contributed by atoms with E-state index in [-0.39, 0.29) is 0 Å². The summed E-state index contributed by atoms with van der Waals surface area (Å²) in [6, 6.07) is 15.5. The van der Waals surface area contributed by atoms with Crippen LogP contribution in [0.3, 0.4) is 0 Å². The molecule has 0 radical (unpaired) electrons. The summed E-state index contributed by atoms with van der Waals surface area (Å²) in [6.07, 6.45) is 0. The molecule has 3 heteroatoms. The number of ether oxygens (including phenoxy) is 1. The minimum Gasteiger partial charge on any atom is -0.457 e. The Balaban J connectivity index is 2.07. The van der Waals surface area contributed by atoms with E-state index in [1.165, 1.54) is 0 Å². The lowest BCUT2D eigenvalue weighted by molar-refractivity contribution is 0.483. The van der Waals surface area contributed by atoms with Crippen molar-refractivity contribution >= 4 is 16.6 Å². The van der Waals surface area contributed by atoms with Crippen LogP contribution in [0.2, 0.25) is 0 Å². The van der Waals surface area contributed by atoms with Gasteiger partial charge in [0.2, 0.25) is 0 Å². The summed E-state index contributed by atoms with van der Waals surface area (Å²) in [6.45, 7) is 3.96. The third-order valence-electron chi connectivity index (χ3n) is 3.47. The van der Waals surface area contributed by atoms with Gasteiger partial charge in [0.1, 0.15) is 11.5 Å². The molecule has 2 N–H and O–H groups in total. The van der Waals surface area contributed by atoms with Crippen molar-refractivity contribution in [3.8, 4) is 11.5 Å². The van der Waals surface area contributed by atoms with Crippen LogP contribution in [-0.4, -0.2) is 4.98 Å². The molecular weight excluding hydrogens is 248 g/mol. The van der Waals surface area contributed by atoms with Crippen molar-refractivity contribution in [3.63, 3.8) is 0 Å². The monoisotopic (exact) mass is 264 g/mol. The lowest BCUT2D eigenvalue weighted by atomic mass is 10.1. The standard InChI is InChI=1S/C17H16N2O/c1-11-12(2)19-16-9-8-14(10-15(16)17(11)18)20-13-6-4-3-5-7-13/h3-10H,1-2H3,(H2,18,19). The Hall–Kier alpha value is -2.55. The molecule has 0 spiro atoms. The van der Waals surface area contributed by atoms with Crippen molar-refractivity contribution < 1.29 is 4.74 Å². The van der Waals surface area contributed by atoms with E-state index in [4.69, 9.17) is 10.5 Å². The van der Waals surface area contributed by atoms with Gasteiger partial charge in [-0.1, -0.05) is 18.2 Å². The minimum atomic E-state index is 0.764. The topological polar surface area (TPSA) is 48.1 Å². The number of benzene rings is 2. The smallest absolute Gasteiger partial charge is 0.128 e. The van der Waals surface area contributed by atoms with Crippen molar-refractivity contribution in [3.05, 3.63) is 59.8 Å². The van der Waals surface area contributed by atoms with Gasteiger partial charge in [-0.3, -0.25) is 4.98 Å². The molecule has 3 aromatic rings. The van der Waals surface area contributed by atoms with Gasteiger partial charge in [-0.25, -0.2) is 0 Å². The lowest BCUT2D eigenvalue weighted by Crippen LogP contribution is -1.97. The zero-order valence-electron chi connectivity index (χ0n) is 11.6. The molecule has 3 rings (SSSR count). The van der Waals surface area contributed by atoms with E-state index in [1.54, 1.807) is 0 Å². The SMILES string of the molecule is Cc1nc2ccc(Oc3ccccc3)cc2c(N)c1C. The second-order valence-corrected chi connectivity index (χ2v) is 4.83. The Bertz CT molecular complexity index is 767. The second kappa shape index (κ2) is 4.85. The highest BCUT2D eigenvalue weighted by atomic mass is 16.5. The summed E-state index contributed by atoms with van der Waals surface area (Å²) in [5.74, 6) is 1.57. The predicted octanol–water partition coefficient (Wildman–Crippen LogP) is 4.23. The van der Waals surface area contributed by atoms with Crippen molar-refractivity contribution in [2.24, 2.45) is 0 Å². The van der Waals surface area contributed by atoms with Gasteiger partial charge in [0.25, 0.3) is 0 Å². The van der Waals surface area contributed by atoms with Gasteiger partial charge >= 0.3 is 0 Å². The van der Waals surface area contributed by atoms with Crippen LogP contribution in [0.4, 0.5) is 5.69 Å². The number of pyridine rings is 1. The first-order chi connectivity index (χ1) is 9.65. The number of nitrogen functional groups attached to an aromatic ring is 1. The molecule has 1 aromatic heterocycles. The third kappa shape index (κ3) is 2.18. The fourth-order valence-electron chi connectivity index (χ4n) is 2.18. The number of rotatable bonds is 2. The van der Waals surface area contributed by atoms with Gasteiger partial charge in [-0.2, -0.15) is 0 Å². The van der Waals surface area contributed by atoms with Crippen LogP contribution >= 0.6 is 0 Å². The number of fused-ring (bicyclic) bond motifs is 1. The third-order valence-corrected chi connectivity index (χ3v) is 3.47. The van der Waals surface area contributed by atoms with Crippen LogP contribution in [0.15, 0.2) is 48.5 Å². The van der Waals surface area contributed by atoms with E-state index in [0.717, 1.165) is 39.3 Å². The molecule has 0 fully saturated rings. The molecule has 0 bridgehead atoms. The maximum atomic E-state index is 6.19. The molecule has 1 heterocycles. The Kier molecular flexibility index (Phi) is 3.03. The molecule has 3 nitrogen and oxygen atoms in total. The highest BCUT2D eigenvalue weighted by molar-refractivity contribution is 5.93. The summed E-state index contributed by atoms with van der Waals surface area (Å²) >= 11 is 0.